The molecule has 1 N–H and O–H groups in total. The van der Waals surface area contributed by atoms with Crippen molar-refractivity contribution >= 4 is 23.1 Å². The third-order valence-corrected chi connectivity index (χ3v) is 4.45. The Kier molecular flexibility index (Phi) is 4.64. The Balaban J connectivity index is 1.89. The number of nitrogens with zero attached hydrogens (tertiary/aromatic N) is 2. The van der Waals surface area contributed by atoms with Crippen LogP contribution in [0.5, 0.6) is 11.5 Å². The smallest absolute Gasteiger partial charge is 0.266 e. The van der Waals surface area contributed by atoms with Crippen LogP contribution in [0.4, 0.5) is 0 Å². The Bertz CT molecular complexity index is 1210. The lowest BCUT2D eigenvalue weighted by molar-refractivity contribution is 0.414. The number of para-hydroxylation sites is 1. The fraction of sp³-hybridized carbons (Fsp3) is 0.0435. The highest BCUT2D eigenvalue weighted by Crippen LogP contribution is 2.19. The molecule has 0 unspecified atom stereocenters. The molecule has 4 aromatic rings. The van der Waals surface area contributed by atoms with E-state index < -0.39 is 0 Å². The van der Waals surface area contributed by atoms with Crippen LogP contribution in [0.3, 0.4) is 0 Å². The maximum Gasteiger partial charge on any atom is 0.266 e. The van der Waals surface area contributed by atoms with E-state index in [0.717, 1.165) is 5.56 Å². The molecule has 0 amide bonds. The minimum atomic E-state index is -0.138. The molecule has 3 aromatic carbocycles. The van der Waals surface area contributed by atoms with Gasteiger partial charge in [0.15, 0.2) is 0 Å². The van der Waals surface area contributed by atoms with Crippen molar-refractivity contribution in [2.75, 3.05) is 7.11 Å². The van der Waals surface area contributed by atoms with Gasteiger partial charge in [-0.25, -0.2) is 4.98 Å². The molecule has 4 rings (SSSR count). The number of aromatic nitrogens is 2. The Labute approximate surface area is 161 Å². The van der Waals surface area contributed by atoms with Gasteiger partial charge in [0, 0.05) is 0 Å². The normalized spacial score (nSPS) is 11.2. The van der Waals surface area contributed by atoms with Crippen LogP contribution in [0.15, 0.2) is 77.6 Å². The third kappa shape index (κ3) is 3.38. The van der Waals surface area contributed by atoms with E-state index in [9.17, 15) is 9.90 Å². The van der Waals surface area contributed by atoms with E-state index in [1.807, 2.05) is 48.5 Å². The molecule has 28 heavy (non-hydrogen) atoms. The molecule has 0 aliphatic carbocycles. The summed E-state index contributed by atoms with van der Waals surface area (Å²) >= 11 is 0. The highest BCUT2D eigenvalue weighted by molar-refractivity contribution is 5.80. The molecule has 0 saturated heterocycles. The number of phenols is 1. The molecule has 0 bridgehead atoms. The maximum atomic E-state index is 13.2. The molecular weight excluding hydrogens is 352 g/mol. The number of fused-ring (bicyclic) bond motifs is 1. The number of aromatic hydroxyl groups is 1. The second-order valence-corrected chi connectivity index (χ2v) is 6.25. The lowest BCUT2D eigenvalue weighted by Gasteiger charge is -2.12. The van der Waals surface area contributed by atoms with E-state index in [0.29, 0.717) is 28.2 Å². The standard InChI is InChI=1S/C23H18N2O3/c1-28-19-13-9-17(10-14-19)25-22(15-8-16-6-11-18(26)12-7-16)24-21-5-3-2-4-20(21)23(25)27/h2-15,26H,1H3. The molecular formula is C23H18N2O3. The zero-order valence-corrected chi connectivity index (χ0v) is 15.2. The maximum absolute atomic E-state index is 13.2. The van der Waals surface area contributed by atoms with Crippen LogP contribution in [0.2, 0.25) is 0 Å². The second-order valence-electron chi connectivity index (χ2n) is 6.25. The van der Waals surface area contributed by atoms with Crippen molar-refractivity contribution in [3.05, 3.63) is 94.5 Å². The van der Waals surface area contributed by atoms with E-state index in [4.69, 9.17) is 4.74 Å². The fourth-order valence-electron chi connectivity index (χ4n) is 3.00. The third-order valence-electron chi connectivity index (χ3n) is 4.45. The van der Waals surface area contributed by atoms with Gasteiger partial charge in [-0.3, -0.25) is 9.36 Å². The van der Waals surface area contributed by atoms with Crippen LogP contribution in [-0.4, -0.2) is 21.8 Å². The molecule has 5 heteroatoms. The molecule has 0 atom stereocenters. The second kappa shape index (κ2) is 7.40. The summed E-state index contributed by atoms with van der Waals surface area (Å²) < 4.78 is 6.80. The lowest BCUT2D eigenvalue weighted by Crippen LogP contribution is -2.22. The number of benzene rings is 3. The summed E-state index contributed by atoms with van der Waals surface area (Å²) in [7, 11) is 1.60. The molecule has 5 nitrogen and oxygen atoms in total. The predicted molar refractivity (Wildman–Crippen MR) is 111 cm³/mol. The van der Waals surface area contributed by atoms with E-state index in [-0.39, 0.29) is 11.3 Å². The van der Waals surface area contributed by atoms with Gasteiger partial charge in [-0.1, -0.05) is 30.3 Å². The Morgan fingerprint density at radius 1 is 0.929 bits per heavy atom. The first kappa shape index (κ1) is 17.5. The quantitative estimate of drug-likeness (QED) is 0.583. The monoisotopic (exact) mass is 370 g/mol. The SMILES string of the molecule is COc1ccc(-n2c(C=Cc3ccc(O)cc3)nc3ccccc3c2=O)cc1. The molecule has 0 aliphatic rings. The topological polar surface area (TPSA) is 64.3 Å². The average molecular weight is 370 g/mol. The Morgan fingerprint density at radius 2 is 1.64 bits per heavy atom. The van der Waals surface area contributed by atoms with Crippen molar-refractivity contribution in [3.63, 3.8) is 0 Å². The van der Waals surface area contributed by atoms with Crippen LogP contribution in [-0.2, 0) is 0 Å². The van der Waals surface area contributed by atoms with Crippen molar-refractivity contribution in [3.8, 4) is 17.2 Å². The highest BCUT2D eigenvalue weighted by atomic mass is 16.5. The summed E-state index contributed by atoms with van der Waals surface area (Å²) in [5.41, 5.74) is 2.10. The minimum Gasteiger partial charge on any atom is -0.508 e. The van der Waals surface area contributed by atoms with Crippen molar-refractivity contribution in [1.29, 1.82) is 0 Å². The number of rotatable bonds is 4. The summed E-state index contributed by atoms with van der Waals surface area (Å²) in [6, 6.07) is 21.4. The summed E-state index contributed by atoms with van der Waals surface area (Å²) in [5.74, 6) is 1.43. The molecule has 0 radical (unpaired) electrons. The molecule has 0 saturated carbocycles. The average Bonchev–Trinajstić information content (AvgIpc) is 2.74. The first-order valence-electron chi connectivity index (χ1n) is 8.79. The molecule has 0 aliphatic heterocycles. The van der Waals surface area contributed by atoms with Gasteiger partial charge >= 0.3 is 0 Å². The molecule has 138 valence electrons. The van der Waals surface area contributed by atoms with Crippen molar-refractivity contribution in [1.82, 2.24) is 9.55 Å². The number of hydrogen-bond acceptors (Lipinski definition) is 4. The van der Waals surface area contributed by atoms with Crippen molar-refractivity contribution in [2.24, 2.45) is 0 Å². The van der Waals surface area contributed by atoms with E-state index in [2.05, 4.69) is 4.98 Å². The number of phenolic OH excluding ortho intramolecular Hbond substituents is 1. The molecule has 1 heterocycles. The van der Waals surface area contributed by atoms with Crippen molar-refractivity contribution in [2.45, 2.75) is 0 Å². The number of methoxy groups -OCH3 is 1. The summed E-state index contributed by atoms with van der Waals surface area (Å²) in [6.45, 7) is 0. The van der Waals surface area contributed by atoms with Gasteiger partial charge in [0.25, 0.3) is 5.56 Å². The summed E-state index contributed by atoms with van der Waals surface area (Å²) in [5, 5.41) is 10.00. The van der Waals surface area contributed by atoms with Gasteiger partial charge in [0.1, 0.15) is 17.3 Å². The van der Waals surface area contributed by atoms with E-state index >= 15 is 0 Å². The van der Waals surface area contributed by atoms with Crippen molar-refractivity contribution < 1.29 is 9.84 Å². The largest absolute Gasteiger partial charge is 0.508 e. The van der Waals surface area contributed by atoms with E-state index in [1.165, 1.54) is 0 Å². The lowest BCUT2D eigenvalue weighted by atomic mass is 10.2. The fourth-order valence-corrected chi connectivity index (χ4v) is 3.00. The summed E-state index contributed by atoms with van der Waals surface area (Å²) in [6.07, 6.45) is 3.65. The Morgan fingerprint density at radius 3 is 2.36 bits per heavy atom. The van der Waals surface area contributed by atoms with Gasteiger partial charge in [0.2, 0.25) is 0 Å². The zero-order chi connectivity index (χ0) is 19.5. The van der Waals surface area contributed by atoms with Crippen LogP contribution >= 0.6 is 0 Å². The van der Waals surface area contributed by atoms with Gasteiger partial charge < -0.3 is 9.84 Å². The van der Waals surface area contributed by atoms with Crippen LogP contribution in [0.1, 0.15) is 11.4 Å². The number of ether oxygens (including phenoxy) is 1. The summed E-state index contributed by atoms with van der Waals surface area (Å²) in [4.78, 5) is 17.9. The van der Waals surface area contributed by atoms with Gasteiger partial charge in [-0.05, 0) is 60.2 Å². The van der Waals surface area contributed by atoms with Gasteiger partial charge in [0.05, 0.1) is 23.7 Å². The van der Waals surface area contributed by atoms with Crippen LogP contribution < -0.4 is 10.3 Å². The predicted octanol–water partition coefficient (Wildman–Crippen LogP) is 4.27. The zero-order valence-electron chi connectivity index (χ0n) is 15.2. The molecule has 1 aromatic heterocycles. The van der Waals surface area contributed by atoms with Crippen LogP contribution in [0.25, 0.3) is 28.7 Å². The first-order valence-corrected chi connectivity index (χ1v) is 8.79. The minimum absolute atomic E-state index is 0.138. The Hall–Kier alpha value is -3.86. The van der Waals surface area contributed by atoms with Gasteiger partial charge in [-0.15, -0.1) is 0 Å². The highest BCUT2D eigenvalue weighted by Gasteiger charge is 2.11. The van der Waals surface area contributed by atoms with Crippen LogP contribution in [0, 0.1) is 0 Å². The first-order chi connectivity index (χ1) is 13.7. The molecule has 0 spiro atoms. The molecule has 0 fully saturated rings. The van der Waals surface area contributed by atoms with E-state index in [1.54, 1.807) is 48.1 Å². The van der Waals surface area contributed by atoms with Gasteiger partial charge in [-0.2, -0.15) is 0 Å². The number of hydrogen-bond donors (Lipinski definition) is 1.